The number of hydrogen-bond acceptors (Lipinski definition) is 12. The average Bonchev–Trinajstić information content (AvgIpc) is 3.02. The van der Waals surface area contributed by atoms with Gasteiger partial charge in [-0.3, -0.25) is 10.1 Å². The molecule has 0 aliphatic carbocycles. The fraction of sp³-hybridized carbons (Fsp3) is 0.553. The van der Waals surface area contributed by atoms with Gasteiger partial charge in [-0.15, -0.1) is 0 Å². The van der Waals surface area contributed by atoms with E-state index in [1.807, 2.05) is 111 Å². The number of hydrogen-bond donors (Lipinski definition) is 2. The second kappa shape index (κ2) is 17.6. The maximum atomic E-state index is 13.0. The molecule has 13 nitrogen and oxygen atoms in total. The first-order valence-corrected chi connectivity index (χ1v) is 17.2. The van der Waals surface area contributed by atoms with Crippen molar-refractivity contribution in [2.75, 3.05) is 51.1 Å². The largest absolute Gasteiger partial charge is 0.496 e. The summed E-state index contributed by atoms with van der Waals surface area (Å²) in [6, 6.07) is 10.7. The molecule has 0 radical (unpaired) electrons. The molecular weight excluding hydrogens is 650 g/mol. The number of anilines is 3. The van der Waals surface area contributed by atoms with Crippen LogP contribution in [0.4, 0.5) is 22.2 Å². The van der Waals surface area contributed by atoms with Crippen LogP contribution in [0.3, 0.4) is 0 Å². The third-order valence-corrected chi connectivity index (χ3v) is 7.23. The highest BCUT2D eigenvalue weighted by molar-refractivity contribution is 5.76. The SMILES string of the molecule is COc1ccc(Nc2nccc(-c3ccc(N(C)CCCN(C)C(=O)OC(C)(C)C)nc3)n2)cc1CNC(COC(C)(C)C)C(=O)OC(C)(C)C. The number of rotatable bonds is 15. The van der Waals surface area contributed by atoms with E-state index >= 15 is 0 Å². The van der Waals surface area contributed by atoms with Crippen molar-refractivity contribution < 1.29 is 28.5 Å². The highest BCUT2D eigenvalue weighted by Gasteiger charge is 2.27. The van der Waals surface area contributed by atoms with Gasteiger partial charge in [0, 0.05) is 62.9 Å². The maximum absolute atomic E-state index is 13.0. The molecule has 0 fully saturated rings. The van der Waals surface area contributed by atoms with Gasteiger partial charge in [0.1, 0.15) is 28.8 Å². The second-order valence-electron chi connectivity index (χ2n) is 15.4. The molecule has 2 aromatic heterocycles. The van der Waals surface area contributed by atoms with Gasteiger partial charge in [0.15, 0.2) is 0 Å². The number of nitrogens with zero attached hydrogens (tertiary/aromatic N) is 5. The minimum Gasteiger partial charge on any atom is -0.496 e. The summed E-state index contributed by atoms with van der Waals surface area (Å²) in [4.78, 5) is 42.7. The smallest absolute Gasteiger partial charge is 0.410 e. The number of nitrogens with one attached hydrogen (secondary N) is 2. The van der Waals surface area contributed by atoms with Crippen molar-refractivity contribution >= 4 is 29.5 Å². The molecule has 51 heavy (non-hydrogen) atoms. The van der Waals surface area contributed by atoms with E-state index in [4.69, 9.17) is 23.9 Å². The van der Waals surface area contributed by atoms with E-state index in [9.17, 15) is 9.59 Å². The van der Waals surface area contributed by atoms with Crippen molar-refractivity contribution in [1.29, 1.82) is 0 Å². The number of aromatic nitrogens is 3. The van der Waals surface area contributed by atoms with Gasteiger partial charge >= 0.3 is 12.1 Å². The summed E-state index contributed by atoms with van der Waals surface area (Å²) in [6.07, 6.45) is 3.91. The molecule has 280 valence electrons. The van der Waals surface area contributed by atoms with E-state index in [1.165, 1.54) is 0 Å². The molecule has 1 aromatic carbocycles. The van der Waals surface area contributed by atoms with Crippen molar-refractivity contribution in [2.45, 2.75) is 98.1 Å². The lowest BCUT2D eigenvalue weighted by atomic mass is 10.1. The molecule has 1 amide bonds. The van der Waals surface area contributed by atoms with E-state index < -0.39 is 22.8 Å². The topological polar surface area (TPSA) is 140 Å². The van der Waals surface area contributed by atoms with Gasteiger partial charge in [0.25, 0.3) is 0 Å². The normalized spacial score (nSPS) is 12.5. The molecule has 0 aliphatic rings. The summed E-state index contributed by atoms with van der Waals surface area (Å²) in [6.45, 7) is 18.7. The molecule has 0 spiro atoms. The van der Waals surface area contributed by atoms with Gasteiger partial charge in [-0.25, -0.2) is 19.7 Å². The molecule has 13 heteroatoms. The zero-order valence-corrected chi connectivity index (χ0v) is 32.4. The second-order valence-corrected chi connectivity index (χ2v) is 15.4. The van der Waals surface area contributed by atoms with Crippen LogP contribution in [0.25, 0.3) is 11.3 Å². The van der Waals surface area contributed by atoms with Gasteiger partial charge < -0.3 is 34.1 Å². The lowest BCUT2D eigenvalue weighted by molar-refractivity contribution is -0.160. The summed E-state index contributed by atoms with van der Waals surface area (Å²) in [5.74, 6) is 1.50. The zero-order valence-electron chi connectivity index (χ0n) is 32.4. The highest BCUT2D eigenvalue weighted by Crippen LogP contribution is 2.26. The van der Waals surface area contributed by atoms with Crippen LogP contribution in [-0.4, -0.2) is 95.7 Å². The summed E-state index contributed by atoms with van der Waals surface area (Å²) in [5, 5.41) is 6.58. The molecule has 1 atom stereocenters. The van der Waals surface area contributed by atoms with E-state index in [0.717, 1.165) is 29.1 Å². The quantitative estimate of drug-likeness (QED) is 0.165. The molecule has 1 unspecified atom stereocenters. The van der Waals surface area contributed by atoms with Crippen LogP contribution in [0.5, 0.6) is 5.75 Å². The van der Waals surface area contributed by atoms with Crippen LogP contribution in [-0.2, 0) is 25.5 Å². The van der Waals surface area contributed by atoms with Gasteiger partial charge in [0.05, 0.1) is 25.0 Å². The Morgan fingerprint density at radius 3 is 2.18 bits per heavy atom. The van der Waals surface area contributed by atoms with Gasteiger partial charge in [-0.1, -0.05) is 0 Å². The summed E-state index contributed by atoms with van der Waals surface area (Å²) >= 11 is 0. The Labute approximate surface area is 303 Å². The van der Waals surface area contributed by atoms with Crippen LogP contribution in [0, 0.1) is 0 Å². The Balaban J connectivity index is 1.66. The number of pyridine rings is 1. The number of carbonyl (C=O) groups excluding carboxylic acids is 2. The molecule has 3 aromatic rings. The van der Waals surface area contributed by atoms with Crippen LogP contribution in [0.1, 0.15) is 74.3 Å². The Morgan fingerprint density at radius 1 is 0.863 bits per heavy atom. The third kappa shape index (κ3) is 14.3. The van der Waals surface area contributed by atoms with Crippen molar-refractivity contribution in [3.63, 3.8) is 0 Å². The average molecular weight is 708 g/mol. The first-order valence-electron chi connectivity index (χ1n) is 17.2. The Morgan fingerprint density at radius 2 is 1.57 bits per heavy atom. The fourth-order valence-electron chi connectivity index (χ4n) is 4.71. The number of esters is 1. The monoisotopic (exact) mass is 707 g/mol. The minimum atomic E-state index is -0.685. The van der Waals surface area contributed by atoms with E-state index in [0.29, 0.717) is 37.0 Å². The zero-order chi connectivity index (χ0) is 38.0. The molecule has 0 saturated heterocycles. The summed E-state index contributed by atoms with van der Waals surface area (Å²) < 4.78 is 22.6. The first-order chi connectivity index (χ1) is 23.7. The van der Waals surface area contributed by atoms with E-state index in [2.05, 4.69) is 20.6 Å². The molecule has 2 heterocycles. The van der Waals surface area contributed by atoms with Crippen molar-refractivity contribution in [3.05, 3.63) is 54.4 Å². The van der Waals surface area contributed by atoms with Crippen LogP contribution in [0.15, 0.2) is 48.8 Å². The number of carbonyl (C=O) groups is 2. The molecule has 0 bridgehead atoms. The van der Waals surface area contributed by atoms with Crippen molar-refractivity contribution in [1.82, 2.24) is 25.2 Å². The minimum absolute atomic E-state index is 0.152. The van der Waals surface area contributed by atoms with Crippen molar-refractivity contribution in [2.24, 2.45) is 0 Å². The van der Waals surface area contributed by atoms with Gasteiger partial charge in [-0.2, -0.15) is 0 Å². The number of methoxy groups -OCH3 is 1. The predicted octanol–water partition coefficient (Wildman–Crippen LogP) is 6.60. The molecule has 2 N–H and O–H groups in total. The predicted molar refractivity (Wildman–Crippen MR) is 200 cm³/mol. The summed E-state index contributed by atoms with van der Waals surface area (Å²) in [5.41, 5.74) is 1.54. The molecule has 3 rings (SSSR count). The number of amides is 1. The first kappa shape index (κ1) is 40.9. The van der Waals surface area contributed by atoms with Crippen LogP contribution in [0.2, 0.25) is 0 Å². The maximum Gasteiger partial charge on any atom is 0.410 e. The fourth-order valence-corrected chi connectivity index (χ4v) is 4.71. The lowest BCUT2D eigenvalue weighted by Gasteiger charge is -2.27. The molecule has 0 saturated carbocycles. The van der Waals surface area contributed by atoms with E-state index in [-0.39, 0.29) is 18.7 Å². The Kier molecular flexibility index (Phi) is 14.2. The number of benzene rings is 1. The highest BCUT2D eigenvalue weighted by atomic mass is 16.6. The number of ether oxygens (including phenoxy) is 4. The van der Waals surface area contributed by atoms with Crippen LogP contribution < -0.4 is 20.3 Å². The van der Waals surface area contributed by atoms with Crippen molar-refractivity contribution in [3.8, 4) is 17.0 Å². The van der Waals surface area contributed by atoms with Gasteiger partial charge in [-0.05, 0) is 105 Å². The van der Waals surface area contributed by atoms with Crippen LogP contribution >= 0.6 is 0 Å². The Bertz CT molecular complexity index is 1580. The summed E-state index contributed by atoms with van der Waals surface area (Å²) in [7, 11) is 5.32. The van der Waals surface area contributed by atoms with E-state index in [1.54, 1.807) is 31.5 Å². The molecular formula is C38H57N7O6. The molecule has 0 aliphatic heterocycles. The van der Waals surface area contributed by atoms with Gasteiger partial charge in [0.2, 0.25) is 5.95 Å². The standard InChI is InChI=1S/C38H57N7O6/c1-36(2,3)49-25-30(33(46)50-37(4,5)6)40-24-27-22-28(15-16-31(27)48-12)42-34-39-19-18-29(43-34)26-14-17-32(41-23-26)44(10)20-13-21-45(11)35(47)51-38(7,8)9/h14-19,22-23,30,40H,13,20-21,24-25H2,1-12H3,(H,39,42,43). The Hall–Kier alpha value is -4.49. The lowest BCUT2D eigenvalue weighted by Crippen LogP contribution is -2.45. The third-order valence-electron chi connectivity index (χ3n) is 7.23.